The largest absolute Gasteiger partial charge is 0.345 e. The van der Waals surface area contributed by atoms with Gasteiger partial charge in [-0.25, -0.2) is 0 Å². The number of nitrogens with one attached hydrogen (secondary N) is 1. The molecule has 2 nitrogen and oxygen atoms in total. The average Bonchev–Trinajstić information content (AvgIpc) is 3.01. The minimum Gasteiger partial charge on any atom is -0.345 e. The molecule has 96 valence electrons. The van der Waals surface area contributed by atoms with Crippen molar-refractivity contribution in [3.63, 3.8) is 0 Å². The Kier molecular flexibility index (Phi) is 3.46. The van der Waals surface area contributed by atoms with E-state index in [0.717, 1.165) is 21.7 Å². The number of aromatic amines is 1. The number of hydrogen-bond acceptors (Lipinski definition) is 3. The van der Waals surface area contributed by atoms with Crippen LogP contribution in [0.1, 0.15) is 5.56 Å². The van der Waals surface area contributed by atoms with Gasteiger partial charge in [-0.2, -0.15) is 5.26 Å². The number of rotatable bonds is 2. The van der Waals surface area contributed by atoms with Gasteiger partial charge in [-0.05, 0) is 23.1 Å². The van der Waals surface area contributed by atoms with E-state index in [1.807, 2.05) is 53.9 Å². The van der Waals surface area contributed by atoms with Crippen LogP contribution in [-0.2, 0) is 0 Å². The molecule has 3 rings (SSSR count). The summed E-state index contributed by atoms with van der Waals surface area (Å²) in [4.78, 5) is 4.20. The normalized spacial score (nSPS) is 10.2. The first kappa shape index (κ1) is 12.8. The van der Waals surface area contributed by atoms with Crippen LogP contribution in [0, 0.1) is 16.0 Å². The van der Waals surface area contributed by atoms with Crippen LogP contribution >= 0.6 is 23.6 Å². The summed E-state index contributed by atoms with van der Waals surface area (Å²) in [5, 5.41) is 11.3. The molecular weight excluding hydrogens is 284 g/mol. The van der Waals surface area contributed by atoms with Gasteiger partial charge in [-0.1, -0.05) is 48.6 Å². The molecule has 0 atom stereocenters. The number of benzene rings is 1. The van der Waals surface area contributed by atoms with Gasteiger partial charge in [0.15, 0.2) is 0 Å². The second kappa shape index (κ2) is 5.41. The van der Waals surface area contributed by atoms with Crippen molar-refractivity contribution in [1.82, 2.24) is 4.98 Å². The lowest BCUT2D eigenvalue weighted by molar-refractivity contribution is 1.28. The summed E-state index contributed by atoms with van der Waals surface area (Å²) in [7, 11) is 0. The Morgan fingerprint density at radius 3 is 2.55 bits per heavy atom. The average molecular weight is 294 g/mol. The Morgan fingerprint density at radius 2 is 1.90 bits per heavy atom. The summed E-state index contributed by atoms with van der Waals surface area (Å²) >= 11 is 6.93. The van der Waals surface area contributed by atoms with Crippen LogP contribution < -0.4 is 0 Å². The van der Waals surface area contributed by atoms with Gasteiger partial charge in [0.2, 0.25) is 0 Å². The fourth-order valence-electron chi connectivity index (χ4n) is 2.07. The van der Waals surface area contributed by atoms with Crippen LogP contribution in [0.15, 0.2) is 53.9 Å². The van der Waals surface area contributed by atoms with Crippen molar-refractivity contribution in [2.75, 3.05) is 0 Å². The lowest BCUT2D eigenvalue weighted by Crippen LogP contribution is -1.91. The highest BCUT2D eigenvalue weighted by molar-refractivity contribution is 7.71. The Labute approximate surface area is 126 Å². The van der Waals surface area contributed by atoms with E-state index in [1.165, 1.54) is 0 Å². The maximum atomic E-state index is 9.33. The van der Waals surface area contributed by atoms with Crippen molar-refractivity contribution >= 4 is 23.6 Å². The number of thiophene rings is 1. The smallest absolute Gasteiger partial charge is 0.122 e. The van der Waals surface area contributed by atoms with E-state index in [1.54, 1.807) is 11.3 Å². The Bertz CT molecular complexity index is 825. The van der Waals surface area contributed by atoms with Crippen molar-refractivity contribution in [3.8, 4) is 27.8 Å². The van der Waals surface area contributed by atoms with Gasteiger partial charge in [0.25, 0.3) is 0 Å². The highest BCUT2D eigenvalue weighted by atomic mass is 32.1. The van der Waals surface area contributed by atoms with Crippen LogP contribution in [0.2, 0.25) is 0 Å². The molecule has 0 spiro atoms. The third-order valence-corrected chi connectivity index (χ3v) is 4.23. The predicted molar refractivity (Wildman–Crippen MR) is 85.1 cm³/mol. The summed E-state index contributed by atoms with van der Waals surface area (Å²) in [6.45, 7) is 0. The van der Waals surface area contributed by atoms with Gasteiger partial charge >= 0.3 is 0 Å². The zero-order valence-electron chi connectivity index (χ0n) is 10.5. The first-order chi connectivity index (χ1) is 9.79. The van der Waals surface area contributed by atoms with E-state index in [2.05, 4.69) is 11.1 Å². The number of nitriles is 1. The maximum absolute atomic E-state index is 9.33. The van der Waals surface area contributed by atoms with Crippen molar-refractivity contribution < 1.29 is 0 Å². The molecule has 2 heterocycles. The number of H-pyrrole nitrogens is 1. The summed E-state index contributed by atoms with van der Waals surface area (Å²) < 4.78 is 0.484. The number of aromatic nitrogens is 1. The monoisotopic (exact) mass is 294 g/mol. The molecule has 0 radical (unpaired) electrons. The van der Waals surface area contributed by atoms with Gasteiger partial charge in [0.05, 0.1) is 5.56 Å². The summed E-state index contributed by atoms with van der Waals surface area (Å²) in [6.07, 6.45) is 0. The molecule has 0 saturated carbocycles. The maximum Gasteiger partial charge on any atom is 0.122 e. The molecular formula is C16H10N2S2. The van der Waals surface area contributed by atoms with Gasteiger partial charge in [-0.15, -0.1) is 11.3 Å². The molecule has 0 aliphatic heterocycles. The fraction of sp³-hybridized carbons (Fsp3) is 0. The first-order valence-electron chi connectivity index (χ1n) is 6.06. The first-order valence-corrected chi connectivity index (χ1v) is 7.35. The van der Waals surface area contributed by atoms with Crippen LogP contribution in [0.5, 0.6) is 0 Å². The zero-order chi connectivity index (χ0) is 13.9. The third-order valence-electron chi connectivity index (χ3n) is 3.02. The fourth-order valence-corrected chi connectivity index (χ4v) is 3.08. The molecule has 20 heavy (non-hydrogen) atoms. The van der Waals surface area contributed by atoms with Crippen LogP contribution in [0.4, 0.5) is 0 Å². The summed E-state index contributed by atoms with van der Waals surface area (Å²) in [5.41, 5.74) is 3.41. The van der Waals surface area contributed by atoms with Gasteiger partial charge < -0.3 is 4.98 Å². The Hall–Kier alpha value is -2.22. The lowest BCUT2D eigenvalue weighted by Gasteiger charge is -2.07. The molecule has 0 fully saturated rings. The molecule has 0 aliphatic carbocycles. The zero-order valence-corrected chi connectivity index (χ0v) is 12.1. The summed E-state index contributed by atoms with van der Waals surface area (Å²) in [6, 6.07) is 18.2. The standard InChI is InChI=1S/C16H10N2S2/c17-10-13-12(15-7-4-8-20-15)9-14(18-16(13)19)11-5-2-1-3-6-11/h1-9H,(H,18,19). The van der Waals surface area contributed by atoms with Gasteiger partial charge in [-0.3, -0.25) is 0 Å². The lowest BCUT2D eigenvalue weighted by atomic mass is 10.0. The van der Waals surface area contributed by atoms with E-state index < -0.39 is 0 Å². The Morgan fingerprint density at radius 1 is 1.10 bits per heavy atom. The molecule has 2 aromatic heterocycles. The summed E-state index contributed by atoms with van der Waals surface area (Å²) in [5.74, 6) is 0. The highest BCUT2D eigenvalue weighted by Crippen LogP contribution is 2.31. The molecule has 3 aromatic rings. The molecule has 0 aliphatic rings. The molecule has 1 aromatic carbocycles. The minimum absolute atomic E-state index is 0.484. The van der Waals surface area contributed by atoms with Crippen molar-refractivity contribution in [1.29, 1.82) is 5.26 Å². The van der Waals surface area contributed by atoms with E-state index in [0.29, 0.717) is 10.2 Å². The topological polar surface area (TPSA) is 39.6 Å². The van der Waals surface area contributed by atoms with Gasteiger partial charge in [0.1, 0.15) is 10.7 Å². The second-order valence-corrected chi connectivity index (χ2v) is 5.61. The molecule has 0 amide bonds. The Balaban J connectivity index is 2.27. The van der Waals surface area contributed by atoms with Crippen LogP contribution in [0.25, 0.3) is 21.7 Å². The quantitative estimate of drug-likeness (QED) is 0.675. The molecule has 0 saturated heterocycles. The van der Waals surface area contributed by atoms with Crippen molar-refractivity contribution in [2.45, 2.75) is 0 Å². The van der Waals surface area contributed by atoms with Crippen LogP contribution in [0.3, 0.4) is 0 Å². The van der Waals surface area contributed by atoms with E-state index in [9.17, 15) is 5.26 Å². The van der Waals surface area contributed by atoms with Crippen LogP contribution in [-0.4, -0.2) is 4.98 Å². The molecule has 4 heteroatoms. The molecule has 0 bridgehead atoms. The SMILES string of the molecule is N#Cc1c(-c2cccs2)cc(-c2ccccc2)[nH]c1=S. The third kappa shape index (κ3) is 2.29. The molecule has 0 unspecified atom stereocenters. The van der Waals surface area contributed by atoms with E-state index in [4.69, 9.17) is 12.2 Å². The number of nitrogens with zero attached hydrogens (tertiary/aromatic N) is 1. The number of pyridine rings is 1. The minimum atomic E-state index is 0.484. The van der Waals surface area contributed by atoms with Crippen molar-refractivity contribution in [2.24, 2.45) is 0 Å². The highest BCUT2D eigenvalue weighted by Gasteiger charge is 2.10. The number of hydrogen-bond donors (Lipinski definition) is 1. The van der Waals surface area contributed by atoms with E-state index >= 15 is 0 Å². The van der Waals surface area contributed by atoms with Crippen molar-refractivity contribution in [3.05, 3.63) is 64.1 Å². The second-order valence-electron chi connectivity index (χ2n) is 4.26. The van der Waals surface area contributed by atoms with E-state index in [-0.39, 0.29) is 0 Å². The molecule has 1 N–H and O–H groups in total. The predicted octanol–water partition coefficient (Wildman–Crippen LogP) is 5.01. The van der Waals surface area contributed by atoms with Gasteiger partial charge in [0, 0.05) is 16.1 Å².